The number of nitrogens with one attached hydrogen (secondary N) is 3. The van der Waals surface area contributed by atoms with E-state index in [1.54, 1.807) is 0 Å². The molecule has 0 fully saturated rings. The van der Waals surface area contributed by atoms with E-state index < -0.39 is 47.9 Å². The highest BCUT2D eigenvalue weighted by atomic mass is 32.2. The third kappa shape index (κ3) is 9.62. The Hall–Kier alpha value is -2.24. The van der Waals surface area contributed by atoms with Gasteiger partial charge in [-0.2, -0.15) is 24.4 Å². The van der Waals surface area contributed by atoms with Crippen LogP contribution < -0.4 is 21.7 Å². The third-order valence-corrected chi connectivity index (χ3v) is 5.43. The maximum absolute atomic E-state index is 12.8. The number of amides is 3. The first kappa shape index (κ1) is 26.8. The molecule has 0 bridgehead atoms. The van der Waals surface area contributed by atoms with E-state index in [1.807, 2.05) is 36.6 Å². The normalized spacial score (nSPS) is 14.6. The fourth-order valence-electron chi connectivity index (χ4n) is 2.59. The number of thiol groups is 1. The molecule has 0 radical (unpaired) electrons. The molecule has 1 aromatic rings. The molecule has 1 rings (SSSR count). The van der Waals surface area contributed by atoms with Crippen molar-refractivity contribution in [1.82, 2.24) is 16.0 Å². The van der Waals surface area contributed by atoms with Gasteiger partial charge in [-0.15, -0.1) is 0 Å². The maximum Gasteiger partial charge on any atom is 0.325 e. The van der Waals surface area contributed by atoms with Crippen LogP contribution in [0.1, 0.15) is 18.9 Å². The van der Waals surface area contributed by atoms with Crippen molar-refractivity contribution >= 4 is 48.1 Å². The van der Waals surface area contributed by atoms with E-state index >= 15 is 0 Å². The van der Waals surface area contributed by atoms with Gasteiger partial charge in [0, 0.05) is 5.75 Å². The van der Waals surface area contributed by atoms with E-state index in [4.69, 9.17) is 10.8 Å². The lowest BCUT2D eigenvalue weighted by Crippen LogP contribution is -2.57. The Bertz CT molecular complexity index is 750. The summed E-state index contributed by atoms with van der Waals surface area (Å²) in [5.74, 6) is -2.35. The first-order chi connectivity index (χ1) is 14.7. The maximum atomic E-state index is 12.8. The van der Waals surface area contributed by atoms with Crippen molar-refractivity contribution in [2.75, 3.05) is 17.8 Å². The highest BCUT2D eigenvalue weighted by Gasteiger charge is 2.28. The Labute approximate surface area is 191 Å². The zero-order valence-corrected chi connectivity index (χ0v) is 19.2. The molecule has 31 heavy (non-hydrogen) atoms. The summed E-state index contributed by atoms with van der Waals surface area (Å²) in [6.45, 7) is 1.31. The predicted molar refractivity (Wildman–Crippen MR) is 124 cm³/mol. The molecular formula is C20H30N4O5S2. The van der Waals surface area contributed by atoms with E-state index in [2.05, 4.69) is 28.6 Å². The summed E-state index contributed by atoms with van der Waals surface area (Å²) >= 11 is 5.57. The van der Waals surface area contributed by atoms with Crippen LogP contribution in [0.15, 0.2) is 30.3 Å². The van der Waals surface area contributed by atoms with Crippen LogP contribution in [-0.2, 0) is 25.6 Å². The van der Waals surface area contributed by atoms with Crippen LogP contribution in [0.25, 0.3) is 0 Å². The zero-order chi connectivity index (χ0) is 23.4. The van der Waals surface area contributed by atoms with Gasteiger partial charge >= 0.3 is 5.97 Å². The van der Waals surface area contributed by atoms with Crippen molar-refractivity contribution < 1.29 is 24.3 Å². The second-order valence-electron chi connectivity index (χ2n) is 6.95. The molecule has 4 atom stereocenters. The molecule has 0 spiro atoms. The summed E-state index contributed by atoms with van der Waals surface area (Å²) in [4.78, 5) is 48.5. The van der Waals surface area contributed by atoms with E-state index in [-0.39, 0.29) is 5.75 Å². The van der Waals surface area contributed by atoms with Crippen LogP contribution in [0.2, 0.25) is 0 Å². The van der Waals surface area contributed by atoms with Gasteiger partial charge in [0.15, 0.2) is 0 Å². The molecule has 0 aromatic heterocycles. The molecule has 0 aliphatic heterocycles. The molecule has 3 amide bonds. The van der Waals surface area contributed by atoms with Gasteiger partial charge in [0.05, 0.1) is 6.04 Å². The molecule has 6 N–H and O–H groups in total. The molecule has 0 saturated heterocycles. The molecule has 0 aliphatic carbocycles. The van der Waals surface area contributed by atoms with Crippen molar-refractivity contribution in [3.05, 3.63) is 35.9 Å². The van der Waals surface area contributed by atoms with Crippen LogP contribution in [-0.4, -0.2) is 70.7 Å². The van der Waals surface area contributed by atoms with E-state index in [0.717, 1.165) is 5.56 Å². The molecule has 11 heteroatoms. The lowest BCUT2D eigenvalue weighted by atomic mass is 10.1. The number of carbonyl (C=O) groups is 4. The Morgan fingerprint density at radius 1 is 1.03 bits per heavy atom. The number of rotatable bonds is 13. The van der Waals surface area contributed by atoms with Crippen LogP contribution in [0.3, 0.4) is 0 Å². The smallest absolute Gasteiger partial charge is 0.325 e. The lowest BCUT2D eigenvalue weighted by molar-refractivity contribution is -0.141. The topological polar surface area (TPSA) is 151 Å². The first-order valence-corrected chi connectivity index (χ1v) is 11.7. The zero-order valence-electron chi connectivity index (χ0n) is 17.5. The van der Waals surface area contributed by atoms with Crippen LogP contribution in [0.5, 0.6) is 0 Å². The third-order valence-electron chi connectivity index (χ3n) is 4.42. The number of aliphatic carboxylic acids is 1. The Morgan fingerprint density at radius 3 is 2.16 bits per heavy atom. The average Bonchev–Trinajstić information content (AvgIpc) is 2.74. The van der Waals surface area contributed by atoms with Gasteiger partial charge in [0.2, 0.25) is 17.7 Å². The molecule has 1 aromatic carbocycles. The molecule has 0 heterocycles. The minimum absolute atomic E-state index is 0.0410. The molecule has 4 unspecified atom stereocenters. The highest BCUT2D eigenvalue weighted by Crippen LogP contribution is 2.05. The summed E-state index contributed by atoms with van der Waals surface area (Å²) in [6.07, 6.45) is 2.52. The monoisotopic (exact) mass is 470 g/mol. The summed E-state index contributed by atoms with van der Waals surface area (Å²) in [6, 6.07) is 5.38. The number of hydrogen-bond acceptors (Lipinski definition) is 7. The van der Waals surface area contributed by atoms with E-state index in [9.17, 15) is 19.2 Å². The largest absolute Gasteiger partial charge is 0.480 e. The Morgan fingerprint density at radius 2 is 1.61 bits per heavy atom. The first-order valence-electron chi connectivity index (χ1n) is 9.72. The number of carbonyl (C=O) groups excluding carboxylic acids is 3. The lowest BCUT2D eigenvalue weighted by Gasteiger charge is -2.24. The minimum atomic E-state index is -1.20. The minimum Gasteiger partial charge on any atom is -0.480 e. The molecule has 172 valence electrons. The van der Waals surface area contributed by atoms with Crippen LogP contribution in [0, 0.1) is 0 Å². The molecule has 9 nitrogen and oxygen atoms in total. The summed E-state index contributed by atoms with van der Waals surface area (Å²) in [7, 11) is 0. The van der Waals surface area contributed by atoms with Gasteiger partial charge in [0.25, 0.3) is 0 Å². The molecular weight excluding hydrogens is 440 g/mol. The van der Waals surface area contributed by atoms with E-state index in [1.165, 1.54) is 18.7 Å². The Balaban J connectivity index is 2.77. The number of carboxylic acid groups (broad SMARTS) is 1. The standard InChI is InChI=1S/C20H30N4O5S2/c1-12(20(28)29)22-19(27)16(11-30)24-18(26)15(8-9-31-2)23-17(25)14(21)10-13-6-4-3-5-7-13/h3-7,12,14-16,30H,8-11,21H2,1-2H3,(H,22,27)(H,23,25)(H,24,26)(H,28,29). The average molecular weight is 471 g/mol. The van der Waals surface area contributed by atoms with Gasteiger partial charge < -0.3 is 26.8 Å². The van der Waals surface area contributed by atoms with Gasteiger partial charge in [-0.1, -0.05) is 30.3 Å². The number of benzene rings is 1. The number of nitrogens with two attached hydrogens (primary N) is 1. The number of hydrogen-bond donors (Lipinski definition) is 6. The number of carboxylic acids is 1. The van der Waals surface area contributed by atoms with Crippen LogP contribution >= 0.6 is 24.4 Å². The quantitative estimate of drug-likeness (QED) is 0.219. The van der Waals surface area contributed by atoms with Crippen molar-refractivity contribution in [2.45, 2.75) is 43.9 Å². The van der Waals surface area contributed by atoms with Gasteiger partial charge in [-0.3, -0.25) is 19.2 Å². The van der Waals surface area contributed by atoms with Crippen LogP contribution in [0.4, 0.5) is 0 Å². The second kappa shape index (κ2) is 13.9. The fraction of sp³-hybridized carbons (Fsp3) is 0.500. The van der Waals surface area contributed by atoms with Crippen molar-refractivity contribution in [2.24, 2.45) is 5.73 Å². The fourth-order valence-corrected chi connectivity index (χ4v) is 3.31. The molecule has 0 aliphatic rings. The van der Waals surface area contributed by atoms with Crippen molar-refractivity contribution in [3.63, 3.8) is 0 Å². The van der Waals surface area contributed by atoms with Crippen molar-refractivity contribution in [1.29, 1.82) is 0 Å². The summed E-state index contributed by atoms with van der Waals surface area (Å²) in [5.41, 5.74) is 6.90. The highest BCUT2D eigenvalue weighted by molar-refractivity contribution is 7.98. The van der Waals surface area contributed by atoms with Crippen molar-refractivity contribution in [3.8, 4) is 0 Å². The van der Waals surface area contributed by atoms with E-state index in [0.29, 0.717) is 18.6 Å². The second-order valence-corrected chi connectivity index (χ2v) is 8.30. The van der Waals surface area contributed by atoms with Gasteiger partial charge in [0.1, 0.15) is 18.1 Å². The molecule has 0 saturated carbocycles. The SMILES string of the molecule is CSCCC(NC(=O)C(N)Cc1ccccc1)C(=O)NC(CS)C(=O)NC(C)C(=O)O. The van der Waals surface area contributed by atoms with Gasteiger partial charge in [-0.25, -0.2) is 0 Å². The summed E-state index contributed by atoms with van der Waals surface area (Å²) in [5, 5.41) is 16.4. The predicted octanol–water partition coefficient (Wildman–Crippen LogP) is -0.202. The number of thioether (sulfide) groups is 1. The Kier molecular flexibility index (Phi) is 12.1. The van der Waals surface area contributed by atoms with Gasteiger partial charge in [-0.05, 0) is 37.3 Å². The summed E-state index contributed by atoms with van der Waals surface area (Å²) < 4.78 is 0.